The summed E-state index contributed by atoms with van der Waals surface area (Å²) in [5.74, 6) is 1.41. The van der Waals surface area contributed by atoms with Gasteiger partial charge in [-0.05, 0) is 45.3 Å². The molecule has 2 atom stereocenters. The van der Waals surface area contributed by atoms with Gasteiger partial charge in [-0.3, -0.25) is 0 Å². The van der Waals surface area contributed by atoms with Crippen molar-refractivity contribution in [2.45, 2.75) is 26.7 Å². The van der Waals surface area contributed by atoms with E-state index in [9.17, 15) is 0 Å². The van der Waals surface area contributed by atoms with Crippen LogP contribution in [-0.2, 0) is 0 Å². The third-order valence-electron chi connectivity index (χ3n) is 3.77. The highest BCUT2D eigenvalue weighted by Crippen LogP contribution is 2.17. The molecule has 0 amide bonds. The quantitative estimate of drug-likeness (QED) is 0.733. The maximum atomic E-state index is 9.11. The lowest BCUT2D eigenvalue weighted by molar-refractivity contribution is 0.156. The van der Waals surface area contributed by atoms with Crippen LogP contribution in [0.2, 0.25) is 0 Å². The molecule has 0 aromatic heterocycles. The Morgan fingerprint density at radius 3 is 2.71 bits per heavy atom. The van der Waals surface area contributed by atoms with Crippen LogP contribution in [0, 0.1) is 29.1 Å². The zero-order valence-corrected chi connectivity index (χ0v) is 11.8. The fourth-order valence-corrected chi connectivity index (χ4v) is 2.67. The number of hydrogen-bond acceptors (Lipinski definition) is 3. The van der Waals surface area contributed by atoms with Crippen molar-refractivity contribution in [2.24, 2.45) is 17.8 Å². The van der Waals surface area contributed by atoms with Gasteiger partial charge in [0.2, 0.25) is 0 Å². The topological polar surface area (TPSA) is 30.3 Å². The first-order chi connectivity index (χ1) is 8.02. The third-order valence-corrected chi connectivity index (χ3v) is 3.77. The number of hydrogen-bond donors (Lipinski definition) is 0. The lowest BCUT2D eigenvalue weighted by atomic mass is 9.95. The van der Waals surface area contributed by atoms with Gasteiger partial charge in [0.05, 0.1) is 12.0 Å². The second kappa shape index (κ2) is 6.98. The van der Waals surface area contributed by atoms with E-state index in [1.807, 2.05) is 0 Å². The van der Waals surface area contributed by atoms with Gasteiger partial charge in [-0.2, -0.15) is 5.26 Å². The summed E-state index contributed by atoms with van der Waals surface area (Å²) in [5, 5.41) is 9.11. The predicted molar refractivity (Wildman–Crippen MR) is 71.7 cm³/mol. The molecule has 2 unspecified atom stereocenters. The molecule has 3 heteroatoms. The highest BCUT2D eigenvalue weighted by atomic mass is 15.1. The van der Waals surface area contributed by atoms with Crippen molar-refractivity contribution in [3.05, 3.63) is 0 Å². The van der Waals surface area contributed by atoms with E-state index in [1.54, 1.807) is 0 Å². The molecule has 0 aromatic rings. The van der Waals surface area contributed by atoms with Gasteiger partial charge in [-0.15, -0.1) is 0 Å². The average molecular weight is 237 g/mol. The highest BCUT2D eigenvalue weighted by Gasteiger charge is 2.21. The molecule has 0 spiro atoms. The molecule has 0 aliphatic carbocycles. The summed E-state index contributed by atoms with van der Waals surface area (Å²) in [6.45, 7) is 8.77. The van der Waals surface area contributed by atoms with Crippen LogP contribution in [0.15, 0.2) is 0 Å². The second-order valence-electron chi connectivity index (χ2n) is 5.97. The van der Waals surface area contributed by atoms with E-state index in [0.717, 1.165) is 19.0 Å². The molecule has 0 N–H and O–H groups in total. The van der Waals surface area contributed by atoms with E-state index in [0.29, 0.717) is 5.92 Å². The monoisotopic (exact) mass is 237 g/mol. The molecule has 0 radical (unpaired) electrons. The molecular formula is C14H27N3. The predicted octanol–water partition coefficient (Wildman–Crippen LogP) is 2.06. The van der Waals surface area contributed by atoms with Gasteiger partial charge in [0, 0.05) is 19.6 Å². The minimum Gasteiger partial charge on any atom is -0.306 e. The van der Waals surface area contributed by atoms with Crippen molar-refractivity contribution < 1.29 is 0 Å². The van der Waals surface area contributed by atoms with Crippen LogP contribution in [0.4, 0.5) is 0 Å². The fraction of sp³-hybridized carbons (Fsp3) is 0.929. The SMILES string of the molecule is CC(C)C(C#N)CN(C)CC1CCCN(C)C1. The molecule has 1 saturated heterocycles. The molecule has 1 heterocycles. The van der Waals surface area contributed by atoms with Crippen molar-refractivity contribution >= 4 is 0 Å². The van der Waals surface area contributed by atoms with Crippen molar-refractivity contribution in [3.8, 4) is 6.07 Å². The van der Waals surface area contributed by atoms with Gasteiger partial charge >= 0.3 is 0 Å². The van der Waals surface area contributed by atoms with E-state index < -0.39 is 0 Å². The normalized spacial score (nSPS) is 23.9. The van der Waals surface area contributed by atoms with Gasteiger partial charge in [-0.1, -0.05) is 13.8 Å². The van der Waals surface area contributed by atoms with Gasteiger partial charge in [0.15, 0.2) is 0 Å². The molecule has 98 valence electrons. The lowest BCUT2D eigenvalue weighted by Gasteiger charge is -2.33. The number of piperidine rings is 1. The molecule has 0 aromatic carbocycles. The first-order valence-corrected chi connectivity index (χ1v) is 6.79. The Hall–Kier alpha value is -0.590. The molecular weight excluding hydrogens is 210 g/mol. The fourth-order valence-electron chi connectivity index (χ4n) is 2.67. The average Bonchev–Trinajstić information content (AvgIpc) is 2.25. The van der Waals surface area contributed by atoms with E-state index in [4.69, 9.17) is 5.26 Å². The molecule has 1 aliphatic heterocycles. The minimum absolute atomic E-state index is 0.168. The smallest absolute Gasteiger partial charge is 0.0671 e. The van der Waals surface area contributed by atoms with Crippen molar-refractivity contribution in [1.29, 1.82) is 5.26 Å². The summed E-state index contributed by atoms with van der Waals surface area (Å²) in [4.78, 5) is 4.77. The number of nitrogens with zero attached hydrogens (tertiary/aromatic N) is 3. The third kappa shape index (κ3) is 5.06. The van der Waals surface area contributed by atoms with Crippen molar-refractivity contribution in [2.75, 3.05) is 40.3 Å². The Labute approximate surface area is 106 Å². The summed E-state index contributed by atoms with van der Waals surface area (Å²) < 4.78 is 0. The van der Waals surface area contributed by atoms with Gasteiger partial charge in [-0.25, -0.2) is 0 Å². The Kier molecular flexibility index (Phi) is 5.94. The molecule has 17 heavy (non-hydrogen) atoms. The van der Waals surface area contributed by atoms with E-state index in [-0.39, 0.29) is 5.92 Å². The van der Waals surface area contributed by atoms with E-state index in [2.05, 4.69) is 43.8 Å². The van der Waals surface area contributed by atoms with Crippen LogP contribution < -0.4 is 0 Å². The van der Waals surface area contributed by atoms with E-state index >= 15 is 0 Å². The Bertz CT molecular complexity index is 257. The largest absolute Gasteiger partial charge is 0.306 e. The van der Waals surface area contributed by atoms with E-state index in [1.165, 1.54) is 25.9 Å². The highest BCUT2D eigenvalue weighted by molar-refractivity contribution is 4.87. The molecule has 1 fully saturated rings. The van der Waals surface area contributed by atoms with Crippen LogP contribution in [0.25, 0.3) is 0 Å². The summed E-state index contributed by atoms with van der Waals surface area (Å²) in [6.07, 6.45) is 2.66. The zero-order chi connectivity index (χ0) is 12.8. The van der Waals surface area contributed by atoms with Crippen LogP contribution in [0.1, 0.15) is 26.7 Å². The summed E-state index contributed by atoms with van der Waals surface area (Å²) in [5.41, 5.74) is 0. The number of likely N-dealkylation sites (tertiary alicyclic amines) is 1. The lowest BCUT2D eigenvalue weighted by Crippen LogP contribution is -2.39. The Morgan fingerprint density at radius 1 is 1.47 bits per heavy atom. The Morgan fingerprint density at radius 2 is 2.18 bits per heavy atom. The molecule has 1 rings (SSSR count). The van der Waals surface area contributed by atoms with Gasteiger partial charge in [0.25, 0.3) is 0 Å². The first-order valence-electron chi connectivity index (χ1n) is 6.79. The maximum Gasteiger partial charge on any atom is 0.0671 e. The van der Waals surface area contributed by atoms with Crippen molar-refractivity contribution in [3.63, 3.8) is 0 Å². The maximum absolute atomic E-state index is 9.11. The van der Waals surface area contributed by atoms with Crippen LogP contribution >= 0.6 is 0 Å². The number of rotatable bonds is 5. The standard InChI is InChI=1S/C14H27N3/c1-12(2)14(8-15)11-17(4)10-13-6-5-7-16(3)9-13/h12-14H,5-7,9-11H2,1-4H3. The number of nitriles is 1. The minimum atomic E-state index is 0.168. The summed E-state index contributed by atoms with van der Waals surface area (Å²) in [6, 6.07) is 2.43. The molecule has 0 bridgehead atoms. The van der Waals surface area contributed by atoms with Crippen LogP contribution in [0.3, 0.4) is 0 Å². The molecule has 1 aliphatic rings. The zero-order valence-electron chi connectivity index (χ0n) is 11.8. The molecule has 0 saturated carbocycles. The van der Waals surface area contributed by atoms with Crippen LogP contribution in [0.5, 0.6) is 0 Å². The van der Waals surface area contributed by atoms with Gasteiger partial charge in [0.1, 0.15) is 0 Å². The second-order valence-corrected chi connectivity index (χ2v) is 5.97. The summed E-state index contributed by atoms with van der Waals surface area (Å²) >= 11 is 0. The van der Waals surface area contributed by atoms with Gasteiger partial charge < -0.3 is 9.80 Å². The molecule has 3 nitrogen and oxygen atoms in total. The first kappa shape index (κ1) is 14.5. The summed E-state index contributed by atoms with van der Waals surface area (Å²) in [7, 11) is 4.36. The van der Waals surface area contributed by atoms with Crippen molar-refractivity contribution in [1.82, 2.24) is 9.80 Å². The Balaban J connectivity index is 2.33. The van der Waals surface area contributed by atoms with Crippen LogP contribution in [-0.4, -0.2) is 50.1 Å².